The lowest BCUT2D eigenvalue weighted by Crippen LogP contribution is -1.88. The summed E-state index contributed by atoms with van der Waals surface area (Å²) in [5.74, 6) is 1.98. The van der Waals surface area contributed by atoms with Crippen LogP contribution in [-0.2, 0) is 12.2 Å². The minimum Gasteiger partial charge on any atom is -0.424 e. The van der Waals surface area contributed by atoms with Gasteiger partial charge in [-0.1, -0.05) is 19.1 Å². The minimum atomic E-state index is 0.644. The molecule has 84 valence electrons. The Morgan fingerprint density at radius 3 is 2.69 bits per heavy atom. The zero-order chi connectivity index (χ0) is 11.4. The number of benzene rings is 1. The molecule has 0 amide bonds. The molecule has 2 rings (SSSR count). The van der Waals surface area contributed by atoms with Gasteiger partial charge < -0.3 is 10.2 Å². The predicted octanol–water partition coefficient (Wildman–Crippen LogP) is 2.51. The molecule has 0 bridgehead atoms. The van der Waals surface area contributed by atoms with Crippen LogP contribution in [0.4, 0.5) is 5.69 Å². The van der Waals surface area contributed by atoms with Gasteiger partial charge >= 0.3 is 0 Å². The second-order valence-electron chi connectivity index (χ2n) is 3.27. The van der Waals surface area contributed by atoms with Gasteiger partial charge in [-0.2, -0.15) is 0 Å². The van der Waals surface area contributed by atoms with Gasteiger partial charge in [-0.15, -0.1) is 22.0 Å². The summed E-state index contributed by atoms with van der Waals surface area (Å²) >= 11 is 1.60. The van der Waals surface area contributed by atoms with Gasteiger partial charge in [-0.25, -0.2) is 0 Å². The number of hydrogen-bond acceptors (Lipinski definition) is 5. The van der Waals surface area contributed by atoms with Crippen LogP contribution in [0.15, 0.2) is 33.6 Å². The molecule has 0 aliphatic rings. The maximum absolute atomic E-state index is 5.83. The van der Waals surface area contributed by atoms with Crippen LogP contribution in [0.5, 0.6) is 0 Å². The van der Waals surface area contributed by atoms with E-state index in [-0.39, 0.29) is 0 Å². The summed E-state index contributed by atoms with van der Waals surface area (Å²) in [7, 11) is 0. The summed E-state index contributed by atoms with van der Waals surface area (Å²) in [6.07, 6.45) is 0.769. The first-order valence-corrected chi connectivity index (χ1v) is 6.06. The van der Waals surface area contributed by atoms with Crippen LogP contribution in [0.25, 0.3) is 0 Å². The molecule has 2 N–H and O–H groups in total. The molecule has 16 heavy (non-hydrogen) atoms. The van der Waals surface area contributed by atoms with Gasteiger partial charge in [0.15, 0.2) is 0 Å². The van der Waals surface area contributed by atoms with Crippen molar-refractivity contribution in [3.63, 3.8) is 0 Å². The predicted molar refractivity (Wildman–Crippen MR) is 64.1 cm³/mol. The second-order valence-corrected chi connectivity index (χ2v) is 4.29. The molecule has 0 fully saturated rings. The first-order valence-electron chi connectivity index (χ1n) is 5.08. The number of nitrogen functional groups attached to an aromatic ring is 1. The lowest BCUT2D eigenvalue weighted by molar-refractivity contribution is 0.470. The third-order valence-corrected chi connectivity index (χ3v) is 3.16. The summed E-state index contributed by atoms with van der Waals surface area (Å²) in [4.78, 5) is 1.04. The molecule has 0 spiro atoms. The molecule has 0 radical (unpaired) electrons. The van der Waals surface area contributed by atoms with Crippen LogP contribution in [-0.4, -0.2) is 10.2 Å². The van der Waals surface area contributed by atoms with E-state index in [1.807, 2.05) is 31.2 Å². The molecular weight excluding hydrogens is 222 g/mol. The van der Waals surface area contributed by atoms with Gasteiger partial charge in [0.05, 0.1) is 5.75 Å². The zero-order valence-electron chi connectivity index (χ0n) is 9.01. The number of nitrogens with zero attached hydrogens (tertiary/aromatic N) is 2. The van der Waals surface area contributed by atoms with Crippen molar-refractivity contribution in [2.45, 2.75) is 24.0 Å². The molecule has 0 saturated heterocycles. The smallest absolute Gasteiger partial charge is 0.226 e. The van der Waals surface area contributed by atoms with Crippen molar-refractivity contribution < 1.29 is 4.42 Å². The van der Waals surface area contributed by atoms with Crippen LogP contribution in [0, 0.1) is 0 Å². The summed E-state index contributed by atoms with van der Waals surface area (Å²) in [5.41, 5.74) is 6.61. The van der Waals surface area contributed by atoms with Crippen LogP contribution in [0.3, 0.4) is 0 Å². The van der Waals surface area contributed by atoms with Crippen LogP contribution >= 0.6 is 11.8 Å². The van der Waals surface area contributed by atoms with Gasteiger partial charge in [-0.3, -0.25) is 0 Å². The molecule has 1 aromatic carbocycles. The fourth-order valence-electron chi connectivity index (χ4n) is 1.24. The number of aryl methyl sites for hydroxylation is 1. The molecule has 2 aromatic rings. The molecule has 0 unspecified atom stereocenters. The lowest BCUT2D eigenvalue weighted by Gasteiger charge is -2.01. The van der Waals surface area contributed by atoms with E-state index >= 15 is 0 Å². The van der Waals surface area contributed by atoms with Gasteiger partial charge in [0.2, 0.25) is 11.8 Å². The number of aromatic nitrogens is 2. The number of nitrogens with two attached hydrogens (primary N) is 1. The highest BCUT2D eigenvalue weighted by atomic mass is 32.2. The molecule has 5 heteroatoms. The summed E-state index contributed by atoms with van der Waals surface area (Å²) in [6, 6.07) is 7.75. The van der Waals surface area contributed by atoms with Crippen molar-refractivity contribution in [2.75, 3.05) is 5.73 Å². The van der Waals surface area contributed by atoms with E-state index in [1.165, 1.54) is 0 Å². The maximum atomic E-state index is 5.83. The average molecular weight is 235 g/mol. The fourth-order valence-corrected chi connectivity index (χ4v) is 2.05. The SMILES string of the molecule is CCc1nnc(CSc2ccccc2N)o1. The number of rotatable bonds is 4. The van der Waals surface area contributed by atoms with Crippen molar-refractivity contribution in [3.05, 3.63) is 36.0 Å². The summed E-state index contributed by atoms with van der Waals surface area (Å²) in [5, 5.41) is 7.86. The largest absolute Gasteiger partial charge is 0.424 e. The molecule has 1 aromatic heterocycles. The van der Waals surface area contributed by atoms with Gasteiger partial charge in [-0.05, 0) is 12.1 Å². The quantitative estimate of drug-likeness (QED) is 0.651. The van der Waals surface area contributed by atoms with Crippen molar-refractivity contribution in [1.82, 2.24) is 10.2 Å². The Morgan fingerprint density at radius 2 is 2.00 bits per heavy atom. The average Bonchev–Trinajstić information content (AvgIpc) is 2.76. The van der Waals surface area contributed by atoms with Crippen molar-refractivity contribution in [3.8, 4) is 0 Å². The van der Waals surface area contributed by atoms with Crippen molar-refractivity contribution >= 4 is 17.4 Å². The molecule has 0 atom stereocenters. The van der Waals surface area contributed by atoms with Crippen LogP contribution < -0.4 is 5.73 Å². The summed E-state index contributed by atoms with van der Waals surface area (Å²) < 4.78 is 5.41. The number of thioether (sulfide) groups is 1. The van der Waals surface area contributed by atoms with E-state index < -0.39 is 0 Å². The van der Waals surface area contributed by atoms with Crippen LogP contribution in [0.2, 0.25) is 0 Å². The molecule has 0 aliphatic carbocycles. The Bertz CT molecular complexity index is 470. The van der Waals surface area contributed by atoms with E-state index in [0.29, 0.717) is 17.5 Å². The van der Waals surface area contributed by atoms with E-state index in [4.69, 9.17) is 10.2 Å². The highest BCUT2D eigenvalue weighted by Crippen LogP contribution is 2.27. The van der Waals surface area contributed by atoms with Gasteiger partial charge in [0.25, 0.3) is 0 Å². The maximum Gasteiger partial charge on any atom is 0.226 e. The Kier molecular flexibility index (Phi) is 3.46. The van der Waals surface area contributed by atoms with Crippen molar-refractivity contribution in [2.24, 2.45) is 0 Å². The first kappa shape index (κ1) is 11.0. The first-order chi connectivity index (χ1) is 7.79. The fraction of sp³-hybridized carbons (Fsp3) is 0.273. The van der Waals surface area contributed by atoms with E-state index in [1.54, 1.807) is 11.8 Å². The standard InChI is InChI=1S/C11H13N3OS/c1-2-10-13-14-11(15-10)7-16-9-6-4-3-5-8(9)12/h3-6H,2,7,12H2,1H3. The highest BCUT2D eigenvalue weighted by Gasteiger charge is 2.06. The monoisotopic (exact) mass is 235 g/mol. The normalized spacial score (nSPS) is 10.6. The second kappa shape index (κ2) is 5.03. The van der Waals surface area contributed by atoms with Gasteiger partial charge in [0.1, 0.15) is 0 Å². The lowest BCUT2D eigenvalue weighted by atomic mass is 10.3. The Morgan fingerprint density at radius 1 is 1.25 bits per heavy atom. The Labute approximate surface area is 98.2 Å². The number of para-hydroxylation sites is 1. The highest BCUT2D eigenvalue weighted by molar-refractivity contribution is 7.98. The van der Waals surface area contributed by atoms with E-state index in [9.17, 15) is 0 Å². The number of hydrogen-bond donors (Lipinski definition) is 1. The molecule has 4 nitrogen and oxygen atoms in total. The van der Waals surface area contributed by atoms with E-state index in [0.717, 1.165) is 17.0 Å². The third kappa shape index (κ3) is 2.55. The van der Waals surface area contributed by atoms with Crippen molar-refractivity contribution in [1.29, 1.82) is 0 Å². The minimum absolute atomic E-state index is 0.644. The molecule has 0 aliphatic heterocycles. The van der Waals surface area contributed by atoms with E-state index in [2.05, 4.69) is 10.2 Å². The van der Waals surface area contributed by atoms with Crippen LogP contribution in [0.1, 0.15) is 18.7 Å². The Balaban J connectivity index is 1.99. The zero-order valence-corrected chi connectivity index (χ0v) is 9.83. The third-order valence-electron chi connectivity index (χ3n) is 2.08. The Hall–Kier alpha value is -1.49. The molecule has 0 saturated carbocycles. The molecular formula is C11H13N3OS. The summed E-state index contributed by atoms with van der Waals surface area (Å²) in [6.45, 7) is 1.99. The number of anilines is 1. The van der Waals surface area contributed by atoms with Gasteiger partial charge in [0, 0.05) is 17.0 Å². The topological polar surface area (TPSA) is 64.9 Å². The molecule has 1 heterocycles.